The van der Waals surface area contributed by atoms with Gasteiger partial charge in [-0.2, -0.15) is 5.10 Å². The molecular weight excluding hydrogens is 306 g/mol. The average molecular weight is 329 g/mol. The second-order valence-electron chi connectivity index (χ2n) is 5.71. The van der Waals surface area contributed by atoms with Gasteiger partial charge in [0.1, 0.15) is 0 Å². The molecule has 0 aliphatic heterocycles. The molecule has 0 bridgehead atoms. The van der Waals surface area contributed by atoms with Gasteiger partial charge in [-0.25, -0.2) is 4.79 Å². The lowest BCUT2D eigenvalue weighted by molar-refractivity contribution is -0.139. The fraction of sp³-hybridized carbons (Fsp3) is 0.389. The van der Waals surface area contributed by atoms with Crippen molar-refractivity contribution in [3.8, 4) is 0 Å². The van der Waals surface area contributed by atoms with Crippen LogP contribution in [0.2, 0.25) is 0 Å². The Labute approximate surface area is 141 Å². The molecule has 6 nitrogen and oxygen atoms in total. The molecule has 1 aromatic heterocycles. The van der Waals surface area contributed by atoms with E-state index < -0.39 is 17.9 Å². The van der Waals surface area contributed by atoms with Crippen molar-refractivity contribution >= 4 is 11.9 Å². The lowest BCUT2D eigenvalue weighted by atomic mass is 10.1. The van der Waals surface area contributed by atoms with Crippen LogP contribution in [0.1, 0.15) is 60.4 Å². The van der Waals surface area contributed by atoms with Crippen molar-refractivity contribution in [2.75, 3.05) is 0 Å². The minimum absolute atomic E-state index is 0.232. The van der Waals surface area contributed by atoms with E-state index in [2.05, 4.69) is 24.3 Å². The third-order valence-corrected chi connectivity index (χ3v) is 4.23. The Balaban J connectivity index is 2.24. The summed E-state index contributed by atoms with van der Waals surface area (Å²) in [5.41, 5.74) is 1.69. The maximum absolute atomic E-state index is 12.5. The van der Waals surface area contributed by atoms with Crippen LogP contribution in [0.5, 0.6) is 0 Å². The van der Waals surface area contributed by atoms with E-state index in [0.717, 1.165) is 18.5 Å². The van der Waals surface area contributed by atoms with Crippen LogP contribution in [-0.4, -0.2) is 26.8 Å². The lowest BCUT2D eigenvalue weighted by Gasteiger charge is -2.17. The first-order chi connectivity index (χ1) is 11.5. The molecule has 1 heterocycles. The number of carboxylic acid groups (broad SMARTS) is 1. The number of nitrogens with zero attached hydrogens (tertiary/aromatic N) is 2. The summed E-state index contributed by atoms with van der Waals surface area (Å²) in [4.78, 5) is 24.1. The standard InChI is InChI=1S/C18H23N3O3/c1-4-14(5-2)21-12(3)15(11-19-21)17(22)20-16(18(23)24)13-9-7-6-8-10-13/h6-11,14,16H,4-5H2,1-3H3,(H,20,22)(H,23,24)/t16-/m0/s1. The summed E-state index contributed by atoms with van der Waals surface area (Å²) in [6, 6.07) is 7.79. The van der Waals surface area contributed by atoms with Crippen molar-refractivity contribution in [3.63, 3.8) is 0 Å². The van der Waals surface area contributed by atoms with Gasteiger partial charge in [-0.15, -0.1) is 0 Å². The Kier molecular flexibility index (Phi) is 5.73. The molecule has 2 N–H and O–H groups in total. The maximum Gasteiger partial charge on any atom is 0.330 e. The highest BCUT2D eigenvalue weighted by molar-refractivity contribution is 5.97. The molecule has 24 heavy (non-hydrogen) atoms. The van der Waals surface area contributed by atoms with Crippen LogP contribution < -0.4 is 5.32 Å². The molecule has 2 aromatic rings. The highest BCUT2D eigenvalue weighted by Gasteiger charge is 2.25. The van der Waals surface area contributed by atoms with Crippen molar-refractivity contribution in [2.24, 2.45) is 0 Å². The van der Waals surface area contributed by atoms with Gasteiger partial charge in [0.05, 0.1) is 17.8 Å². The third kappa shape index (κ3) is 3.64. The monoisotopic (exact) mass is 329 g/mol. The van der Waals surface area contributed by atoms with Gasteiger partial charge in [-0.1, -0.05) is 44.2 Å². The van der Waals surface area contributed by atoms with Gasteiger partial charge in [0.25, 0.3) is 5.91 Å². The van der Waals surface area contributed by atoms with Crippen LogP contribution in [0, 0.1) is 6.92 Å². The van der Waals surface area contributed by atoms with Crippen molar-refractivity contribution in [2.45, 2.75) is 45.7 Å². The maximum atomic E-state index is 12.5. The second-order valence-corrected chi connectivity index (χ2v) is 5.71. The highest BCUT2D eigenvalue weighted by atomic mass is 16.4. The molecule has 2 rings (SSSR count). The molecule has 0 saturated heterocycles. The van der Waals surface area contributed by atoms with Crippen molar-refractivity contribution < 1.29 is 14.7 Å². The highest BCUT2D eigenvalue weighted by Crippen LogP contribution is 2.20. The number of amides is 1. The lowest BCUT2D eigenvalue weighted by Crippen LogP contribution is -2.34. The topological polar surface area (TPSA) is 84.2 Å². The van der Waals surface area contributed by atoms with E-state index in [9.17, 15) is 14.7 Å². The SMILES string of the molecule is CCC(CC)n1ncc(C(=O)N[C@H](C(=O)O)c2ccccc2)c1C. The predicted octanol–water partition coefficient (Wildman–Crippen LogP) is 3.11. The number of aromatic nitrogens is 2. The normalized spacial score (nSPS) is 12.2. The Bertz CT molecular complexity index is 706. The summed E-state index contributed by atoms with van der Waals surface area (Å²) in [5, 5.41) is 16.3. The second kappa shape index (κ2) is 7.77. The molecular formula is C18H23N3O3. The molecule has 6 heteroatoms. The minimum atomic E-state index is -1.10. The molecule has 0 saturated carbocycles. The van der Waals surface area contributed by atoms with Crippen LogP contribution in [0.4, 0.5) is 0 Å². The zero-order valence-electron chi connectivity index (χ0n) is 14.2. The summed E-state index contributed by atoms with van der Waals surface area (Å²) in [6.07, 6.45) is 3.34. The van der Waals surface area contributed by atoms with Crippen LogP contribution in [0.15, 0.2) is 36.5 Å². The van der Waals surface area contributed by atoms with Crippen molar-refractivity contribution in [3.05, 3.63) is 53.3 Å². The summed E-state index contributed by atoms with van der Waals surface area (Å²) in [7, 11) is 0. The molecule has 0 unspecified atom stereocenters. The van der Waals surface area contributed by atoms with Crippen molar-refractivity contribution in [1.29, 1.82) is 0 Å². The first kappa shape index (κ1) is 17.7. The molecule has 1 atom stereocenters. The zero-order chi connectivity index (χ0) is 17.7. The number of carbonyl (C=O) groups excluding carboxylic acids is 1. The Morgan fingerprint density at radius 1 is 1.21 bits per heavy atom. The van der Waals surface area contributed by atoms with Gasteiger partial charge >= 0.3 is 5.97 Å². The summed E-state index contributed by atoms with van der Waals surface area (Å²) in [5.74, 6) is -1.53. The van der Waals surface area contributed by atoms with Gasteiger partial charge in [0, 0.05) is 5.69 Å². The van der Waals surface area contributed by atoms with Gasteiger partial charge in [-0.05, 0) is 25.3 Å². The molecule has 0 aliphatic rings. The quantitative estimate of drug-likeness (QED) is 0.817. The van der Waals surface area contributed by atoms with E-state index in [1.165, 1.54) is 6.20 Å². The number of carbonyl (C=O) groups is 2. The number of carboxylic acids is 1. The molecule has 1 aromatic carbocycles. The van der Waals surface area contributed by atoms with E-state index in [-0.39, 0.29) is 6.04 Å². The fourth-order valence-electron chi connectivity index (χ4n) is 2.79. The van der Waals surface area contributed by atoms with Gasteiger partial charge in [0.15, 0.2) is 6.04 Å². The molecule has 0 spiro atoms. The van der Waals surface area contributed by atoms with E-state index in [1.54, 1.807) is 30.3 Å². The molecule has 0 fully saturated rings. The smallest absolute Gasteiger partial charge is 0.330 e. The van der Waals surface area contributed by atoms with E-state index in [1.807, 2.05) is 11.6 Å². The minimum Gasteiger partial charge on any atom is -0.479 e. The Morgan fingerprint density at radius 3 is 2.38 bits per heavy atom. The summed E-state index contributed by atoms with van der Waals surface area (Å²) >= 11 is 0. The zero-order valence-corrected chi connectivity index (χ0v) is 14.2. The van der Waals surface area contributed by atoms with E-state index in [4.69, 9.17) is 0 Å². The van der Waals surface area contributed by atoms with Crippen LogP contribution in [0.25, 0.3) is 0 Å². The largest absolute Gasteiger partial charge is 0.479 e. The number of hydrogen-bond donors (Lipinski definition) is 2. The number of hydrogen-bond acceptors (Lipinski definition) is 3. The Hall–Kier alpha value is -2.63. The predicted molar refractivity (Wildman–Crippen MR) is 90.9 cm³/mol. The number of rotatable bonds is 7. The summed E-state index contributed by atoms with van der Waals surface area (Å²) < 4.78 is 1.84. The first-order valence-electron chi connectivity index (χ1n) is 8.12. The number of nitrogens with one attached hydrogen (secondary N) is 1. The van der Waals surface area contributed by atoms with E-state index in [0.29, 0.717) is 11.1 Å². The molecule has 0 radical (unpaired) electrons. The average Bonchev–Trinajstić information content (AvgIpc) is 2.96. The Morgan fingerprint density at radius 2 is 1.83 bits per heavy atom. The number of benzene rings is 1. The van der Waals surface area contributed by atoms with Crippen molar-refractivity contribution in [1.82, 2.24) is 15.1 Å². The first-order valence-corrected chi connectivity index (χ1v) is 8.12. The number of aliphatic carboxylic acids is 1. The van der Waals surface area contributed by atoms with Gasteiger partial charge in [-0.3, -0.25) is 9.48 Å². The molecule has 128 valence electrons. The summed E-state index contributed by atoms with van der Waals surface area (Å²) in [6.45, 7) is 5.98. The van der Waals surface area contributed by atoms with Crippen LogP contribution >= 0.6 is 0 Å². The van der Waals surface area contributed by atoms with Crippen LogP contribution in [-0.2, 0) is 4.79 Å². The fourth-order valence-corrected chi connectivity index (χ4v) is 2.79. The molecule has 1 amide bonds. The molecule has 0 aliphatic carbocycles. The van der Waals surface area contributed by atoms with Crippen LogP contribution in [0.3, 0.4) is 0 Å². The third-order valence-electron chi connectivity index (χ3n) is 4.23. The van der Waals surface area contributed by atoms with Gasteiger partial charge < -0.3 is 10.4 Å². The van der Waals surface area contributed by atoms with Gasteiger partial charge in [0.2, 0.25) is 0 Å². The van der Waals surface area contributed by atoms with E-state index >= 15 is 0 Å².